The van der Waals surface area contributed by atoms with Crippen LogP contribution in [0.1, 0.15) is 35.8 Å². The topological polar surface area (TPSA) is 51.2 Å². The number of ether oxygens (including phenoxy) is 1. The monoisotopic (exact) mass is 256 g/mol. The average molecular weight is 256 g/mol. The Morgan fingerprint density at radius 1 is 1.59 bits per heavy atom. The lowest BCUT2D eigenvalue weighted by atomic mass is 10.2. The molecule has 1 amide bonds. The fourth-order valence-electron chi connectivity index (χ4n) is 1.41. The Hall–Kier alpha value is -0.940. The first-order chi connectivity index (χ1) is 8.06. The van der Waals surface area contributed by atoms with Crippen molar-refractivity contribution in [3.8, 4) is 0 Å². The second-order valence-electron chi connectivity index (χ2n) is 4.10. The highest BCUT2D eigenvalue weighted by Gasteiger charge is 2.12. The summed E-state index contributed by atoms with van der Waals surface area (Å²) >= 11 is 1.55. The van der Waals surface area contributed by atoms with Crippen molar-refractivity contribution in [2.24, 2.45) is 0 Å². The number of carbonyl (C=O) groups excluding carboxylic acids is 1. The van der Waals surface area contributed by atoms with Gasteiger partial charge in [-0.15, -0.1) is 11.3 Å². The van der Waals surface area contributed by atoms with Gasteiger partial charge in [-0.3, -0.25) is 4.79 Å². The molecule has 96 valence electrons. The fourth-order valence-corrected chi connectivity index (χ4v) is 2.45. The summed E-state index contributed by atoms with van der Waals surface area (Å²) in [5.41, 5.74) is 0.932. The average Bonchev–Trinajstić information content (AvgIpc) is 2.59. The number of thiazole rings is 1. The molecule has 0 radical (unpaired) electrons. The van der Waals surface area contributed by atoms with Crippen molar-refractivity contribution in [3.63, 3.8) is 0 Å². The Bertz CT molecular complexity index is 377. The summed E-state index contributed by atoms with van der Waals surface area (Å²) in [7, 11) is 1.64. The number of hydrogen-bond acceptors (Lipinski definition) is 4. The number of carbonyl (C=O) groups is 1. The zero-order chi connectivity index (χ0) is 12.8. The van der Waals surface area contributed by atoms with E-state index >= 15 is 0 Å². The molecular formula is C12H20N2O2S. The fraction of sp³-hybridized carbons (Fsp3) is 0.667. The molecule has 4 nitrogen and oxygen atoms in total. The van der Waals surface area contributed by atoms with E-state index in [-0.39, 0.29) is 11.9 Å². The molecule has 1 heterocycles. The molecule has 0 aliphatic heterocycles. The molecule has 1 N–H and O–H groups in total. The van der Waals surface area contributed by atoms with Gasteiger partial charge in [0, 0.05) is 18.0 Å². The zero-order valence-corrected chi connectivity index (χ0v) is 11.7. The number of methoxy groups -OCH3 is 1. The van der Waals surface area contributed by atoms with Crippen LogP contribution in [0, 0.1) is 6.92 Å². The third-order valence-corrected chi connectivity index (χ3v) is 3.68. The van der Waals surface area contributed by atoms with E-state index in [1.165, 1.54) is 0 Å². The number of nitrogens with zero attached hydrogens (tertiary/aromatic N) is 1. The predicted molar refractivity (Wildman–Crippen MR) is 69.2 cm³/mol. The molecular weight excluding hydrogens is 236 g/mol. The Kier molecular flexibility index (Phi) is 5.58. The van der Waals surface area contributed by atoms with Gasteiger partial charge in [-0.05, 0) is 20.3 Å². The summed E-state index contributed by atoms with van der Waals surface area (Å²) in [5, 5.41) is 3.88. The number of amides is 1. The molecule has 1 unspecified atom stereocenters. The SMILES string of the molecule is CCC(C)NC(=O)Cc1sc(COC)nc1C. The minimum absolute atomic E-state index is 0.0649. The van der Waals surface area contributed by atoms with Crippen LogP contribution < -0.4 is 5.32 Å². The molecule has 1 atom stereocenters. The van der Waals surface area contributed by atoms with Gasteiger partial charge in [0.2, 0.25) is 5.91 Å². The number of aromatic nitrogens is 1. The third-order valence-electron chi connectivity index (χ3n) is 2.55. The first-order valence-electron chi connectivity index (χ1n) is 5.80. The largest absolute Gasteiger partial charge is 0.378 e. The summed E-state index contributed by atoms with van der Waals surface area (Å²) in [6.07, 6.45) is 1.36. The van der Waals surface area contributed by atoms with E-state index in [1.54, 1.807) is 18.4 Å². The molecule has 0 aliphatic carbocycles. The van der Waals surface area contributed by atoms with E-state index in [1.807, 2.05) is 13.8 Å². The maximum absolute atomic E-state index is 11.7. The second kappa shape index (κ2) is 6.71. The summed E-state index contributed by atoms with van der Waals surface area (Å²) in [4.78, 5) is 17.1. The van der Waals surface area contributed by atoms with Gasteiger partial charge in [-0.25, -0.2) is 4.98 Å². The second-order valence-corrected chi connectivity index (χ2v) is 5.27. The van der Waals surface area contributed by atoms with Crippen LogP contribution in [0.4, 0.5) is 0 Å². The van der Waals surface area contributed by atoms with Crippen molar-refractivity contribution in [3.05, 3.63) is 15.6 Å². The lowest BCUT2D eigenvalue weighted by Crippen LogP contribution is -2.33. The summed E-state index contributed by atoms with van der Waals surface area (Å²) < 4.78 is 5.03. The van der Waals surface area contributed by atoms with Gasteiger partial charge in [-0.2, -0.15) is 0 Å². The highest BCUT2D eigenvalue weighted by Crippen LogP contribution is 2.19. The molecule has 0 bridgehead atoms. The smallest absolute Gasteiger partial charge is 0.225 e. The van der Waals surface area contributed by atoms with Crippen molar-refractivity contribution in [2.75, 3.05) is 7.11 Å². The molecule has 0 aliphatic rings. The van der Waals surface area contributed by atoms with Crippen molar-refractivity contribution < 1.29 is 9.53 Å². The number of rotatable bonds is 6. The zero-order valence-electron chi connectivity index (χ0n) is 10.9. The van der Waals surface area contributed by atoms with Gasteiger partial charge in [0.15, 0.2) is 0 Å². The molecule has 1 aromatic rings. The van der Waals surface area contributed by atoms with E-state index in [2.05, 4.69) is 17.2 Å². The van der Waals surface area contributed by atoms with Gasteiger partial charge in [0.25, 0.3) is 0 Å². The Balaban J connectivity index is 2.58. The molecule has 0 saturated carbocycles. The Morgan fingerprint density at radius 2 is 2.29 bits per heavy atom. The van der Waals surface area contributed by atoms with Crippen LogP contribution in [0.25, 0.3) is 0 Å². The van der Waals surface area contributed by atoms with Crippen LogP contribution >= 0.6 is 11.3 Å². The molecule has 0 aromatic carbocycles. The molecule has 1 aromatic heterocycles. The molecule has 1 rings (SSSR count). The van der Waals surface area contributed by atoms with Crippen LogP contribution in [0.3, 0.4) is 0 Å². The first kappa shape index (κ1) is 14.1. The van der Waals surface area contributed by atoms with E-state index in [4.69, 9.17) is 4.74 Å². The lowest BCUT2D eigenvalue weighted by molar-refractivity contribution is -0.121. The molecule has 0 spiro atoms. The lowest BCUT2D eigenvalue weighted by Gasteiger charge is -2.10. The van der Waals surface area contributed by atoms with E-state index in [0.717, 1.165) is 22.0 Å². The normalized spacial score (nSPS) is 12.5. The standard InChI is InChI=1S/C12H20N2O2S/c1-5-8(2)13-11(15)6-10-9(3)14-12(17-10)7-16-4/h8H,5-7H2,1-4H3,(H,13,15). The van der Waals surface area contributed by atoms with E-state index in [0.29, 0.717) is 13.0 Å². The number of hydrogen-bond donors (Lipinski definition) is 1. The maximum Gasteiger partial charge on any atom is 0.225 e. The van der Waals surface area contributed by atoms with Crippen LogP contribution in [-0.4, -0.2) is 24.0 Å². The van der Waals surface area contributed by atoms with E-state index < -0.39 is 0 Å². The van der Waals surface area contributed by atoms with Gasteiger partial charge in [0.1, 0.15) is 5.01 Å². The molecule has 5 heteroatoms. The first-order valence-corrected chi connectivity index (χ1v) is 6.62. The van der Waals surface area contributed by atoms with Crippen LogP contribution in [0.2, 0.25) is 0 Å². The minimum atomic E-state index is 0.0649. The summed E-state index contributed by atoms with van der Waals surface area (Å²) in [6, 6.07) is 0.231. The van der Waals surface area contributed by atoms with Crippen molar-refractivity contribution in [2.45, 2.75) is 46.3 Å². The van der Waals surface area contributed by atoms with Crippen molar-refractivity contribution >= 4 is 17.2 Å². The van der Waals surface area contributed by atoms with Crippen LogP contribution in [0.15, 0.2) is 0 Å². The highest BCUT2D eigenvalue weighted by atomic mass is 32.1. The molecule has 17 heavy (non-hydrogen) atoms. The van der Waals surface area contributed by atoms with Crippen LogP contribution in [0.5, 0.6) is 0 Å². The van der Waals surface area contributed by atoms with Gasteiger partial charge in [0.05, 0.1) is 18.7 Å². The maximum atomic E-state index is 11.7. The summed E-state index contributed by atoms with van der Waals surface area (Å²) in [6.45, 7) is 6.51. The third kappa shape index (κ3) is 4.44. The van der Waals surface area contributed by atoms with Gasteiger partial charge in [-0.1, -0.05) is 6.92 Å². The van der Waals surface area contributed by atoms with Crippen molar-refractivity contribution in [1.29, 1.82) is 0 Å². The van der Waals surface area contributed by atoms with Gasteiger partial charge < -0.3 is 10.1 Å². The summed E-state index contributed by atoms with van der Waals surface area (Å²) in [5.74, 6) is 0.0649. The van der Waals surface area contributed by atoms with Crippen molar-refractivity contribution in [1.82, 2.24) is 10.3 Å². The number of aryl methyl sites for hydroxylation is 1. The van der Waals surface area contributed by atoms with E-state index in [9.17, 15) is 4.79 Å². The molecule has 0 fully saturated rings. The van der Waals surface area contributed by atoms with Crippen LogP contribution in [-0.2, 0) is 22.6 Å². The minimum Gasteiger partial charge on any atom is -0.378 e. The van der Waals surface area contributed by atoms with Gasteiger partial charge >= 0.3 is 0 Å². The Morgan fingerprint density at radius 3 is 2.88 bits per heavy atom. The quantitative estimate of drug-likeness (QED) is 0.847. The predicted octanol–water partition coefficient (Wildman–Crippen LogP) is 2.06. The highest BCUT2D eigenvalue weighted by molar-refractivity contribution is 7.11. The Labute approximate surface area is 106 Å². The molecule has 0 saturated heterocycles. The number of nitrogens with one attached hydrogen (secondary N) is 1.